The van der Waals surface area contributed by atoms with Crippen LogP contribution in [0.3, 0.4) is 0 Å². The third kappa shape index (κ3) is 2.98. The number of amides is 2. The largest absolute Gasteiger partial charge is 0.457 e. The zero-order chi connectivity index (χ0) is 14.8. The molecule has 21 heavy (non-hydrogen) atoms. The number of hydrogen-bond donors (Lipinski definition) is 2. The number of carbonyl (C=O) groups is 2. The summed E-state index contributed by atoms with van der Waals surface area (Å²) in [7, 11) is 0. The van der Waals surface area contributed by atoms with Gasteiger partial charge >= 0.3 is 12.0 Å². The molecule has 2 aromatic carbocycles. The van der Waals surface area contributed by atoms with Crippen LogP contribution >= 0.6 is 11.6 Å². The summed E-state index contributed by atoms with van der Waals surface area (Å²) in [5, 5.41) is 5.99. The summed E-state index contributed by atoms with van der Waals surface area (Å²) in [6.07, 6.45) is 0. The molecule has 106 valence electrons. The molecule has 0 saturated heterocycles. The van der Waals surface area contributed by atoms with E-state index in [1.807, 2.05) is 0 Å². The highest BCUT2D eigenvalue weighted by molar-refractivity contribution is 6.30. The summed E-state index contributed by atoms with van der Waals surface area (Å²) < 4.78 is 4.91. The van der Waals surface area contributed by atoms with Crippen molar-refractivity contribution in [1.82, 2.24) is 0 Å². The van der Waals surface area contributed by atoms with Crippen LogP contribution in [0, 0.1) is 0 Å². The minimum atomic E-state index is -0.373. The third-order valence-electron chi connectivity index (χ3n) is 3.04. The maximum absolute atomic E-state index is 11.9. The zero-order valence-electron chi connectivity index (χ0n) is 10.9. The highest BCUT2D eigenvalue weighted by Crippen LogP contribution is 2.23. The molecule has 1 heterocycles. The number of fused-ring (bicyclic) bond motifs is 1. The van der Waals surface area contributed by atoms with E-state index in [4.69, 9.17) is 16.3 Å². The Morgan fingerprint density at radius 1 is 1.05 bits per heavy atom. The van der Waals surface area contributed by atoms with Crippen LogP contribution in [-0.4, -0.2) is 12.0 Å². The van der Waals surface area contributed by atoms with Crippen molar-refractivity contribution in [2.24, 2.45) is 0 Å². The summed E-state index contributed by atoms with van der Waals surface area (Å²) in [6.45, 7) is 0.239. The van der Waals surface area contributed by atoms with Crippen LogP contribution in [0.4, 0.5) is 16.2 Å². The fourth-order valence-corrected chi connectivity index (χ4v) is 2.16. The zero-order valence-corrected chi connectivity index (χ0v) is 11.6. The molecule has 0 bridgehead atoms. The molecule has 0 radical (unpaired) electrons. The second-order valence-electron chi connectivity index (χ2n) is 4.53. The van der Waals surface area contributed by atoms with E-state index in [-0.39, 0.29) is 18.6 Å². The number of ether oxygens (including phenoxy) is 1. The number of carbonyl (C=O) groups excluding carboxylic acids is 2. The Kier molecular flexibility index (Phi) is 3.50. The average molecular weight is 303 g/mol. The lowest BCUT2D eigenvalue weighted by Gasteiger charge is -2.08. The van der Waals surface area contributed by atoms with E-state index in [2.05, 4.69) is 10.6 Å². The van der Waals surface area contributed by atoms with Crippen molar-refractivity contribution in [2.45, 2.75) is 6.61 Å². The lowest BCUT2D eigenvalue weighted by molar-refractivity contribution is 0.0535. The number of urea groups is 1. The van der Waals surface area contributed by atoms with Gasteiger partial charge in [0.1, 0.15) is 6.61 Å². The van der Waals surface area contributed by atoms with Crippen LogP contribution in [-0.2, 0) is 11.3 Å². The van der Waals surface area contributed by atoms with E-state index in [9.17, 15) is 9.59 Å². The molecule has 1 aliphatic heterocycles. The third-order valence-corrected chi connectivity index (χ3v) is 3.30. The van der Waals surface area contributed by atoms with Gasteiger partial charge in [-0.25, -0.2) is 9.59 Å². The maximum atomic E-state index is 11.9. The van der Waals surface area contributed by atoms with Crippen LogP contribution in [0.25, 0.3) is 0 Å². The maximum Gasteiger partial charge on any atom is 0.338 e. The van der Waals surface area contributed by atoms with Crippen LogP contribution in [0.2, 0.25) is 5.02 Å². The molecule has 0 atom stereocenters. The highest BCUT2D eigenvalue weighted by atomic mass is 35.5. The van der Waals surface area contributed by atoms with Gasteiger partial charge in [-0.15, -0.1) is 0 Å². The van der Waals surface area contributed by atoms with Crippen LogP contribution < -0.4 is 10.6 Å². The van der Waals surface area contributed by atoms with Gasteiger partial charge in [0.25, 0.3) is 0 Å². The normalized spacial score (nSPS) is 12.5. The molecule has 1 aliphatic rings. The molecule has 2 aromatic rings. The molecule has 0 unspecified atom stereocenters. The molecular weight excluding hydrogens is 292 g/mol. The molecule has 0 spiro atoms. The van der Waals surface area contributed by atoms with Gasteiger partial charge in [0.05, 0.1) is 5.56 Å². The Morgan fingerprint density at radius 2 is 1.71 bits per heavy atom. The van der Waals surface area contributed by atoms with Crippen molar-refractivity contribution in [3.63, 3.8) is 0 Å². The number of anilines is 2. The average Bonchev–Trinajstić information content (AvgIpc) is 2.82. The number of benzene rings is 2. The lowest BCUT2D eigenvalue weighted by Crippen LogP contribution is -2.19. The van der Waals surface area contributed by atoms with Crippen molar-refractivity contribution in [2.75, 3.05) is 10.6 Å². The van der Waals surface area contributed by atoms with Gasteiger partial charge in [-0.1, -0.05) is 11.6 Å². The Morgan fingerprint density at radius 3 is 2.48 bits per heavy atom. The first-order valence-corrected chi connectivity index (χ1v) is 6.63. The van der Waals surface area contributed by atoms with E-state index in [0.29, 0.717) is 22.0 Å². The number of halogens is 1. The van der Waals surface area contributed by atoms with Gasteiger partial charge < -0.3 is 15.4 Å². The van der Waals surface area contributed by atoms with Gasteiger partial charge in [-0.05, 0) is 42.5 Å². The Labute approximate surface area is 125 Å². The fourth-order valence-electron chi connectivity index (χ4n) is 2.04. The van der Waals surface area contributed by atoms with Crippen LogP contribution in [0.1, 0.15) is 15.9 Å². The number of rotatable bonds is 2. The molecule has 6 heteroatoms. The molecular formula is C15H11ClN2O3. The van der Waals surface area contributed by atoms with E-state index >= 15 is 0 Å². The first-order chi connectivity index (χ1) is 10.1. The van der Waals surface area contributed by atoms with Gasteiger partial charge in [0, 0.05) is 22.0 Å². The molecule has 0 fully saturated rings. The summed E-state index contributed by atoms with van der Waals surface area (Å²) in [4.78, 5) is 23.2. The highest BCUT2D eigenvalue weighted by Gasteiger charge is 2.21. The minimum Gasteiger partial charge on any atom is -0.457 e. The summed E-state index contributed by atoms with van der Waals surface area (Å²) in [6, 6.07) is 11.4. The quantitative estimate of drug-likeness (QED) is 0.832. The standard InChI is InChI=1S/C15H11ClN2O3/c16-10-1-3-11(4-2-10)17-15(20)18-12-5-6-13-9(7-12)8-21-14(13)19/h1-7H,8H2,(H2,17,18,20). The Balaban J connectivity index is 1.68. The van der Waals surface area contributed by atoms with Crippen LogP contribution in [0.5, 0.6) is 0 Å². The van der Waals surface area contributed by atoms with E-state index in [0.717, 1.165) is 5.56 Å². The first-order valence-electron chi connectivity index (χ1n) is 6.25. The topological polar surface area (TPSA) is 67.4 Å². The summed E-state index contributed by atoms with van der Waals surface area (Å²) in [5.74, 6) is -0.331. The fraction of sp³-hybridized carbons (Fsp3) is 0.0667. The second-order valence-corrected chi connectivity index (χ2v) is 4.97. The predicted octanol–water partition coefficient (Wildman–Crippen LogP) is 3.65. The molecule has 2 N–H and O–H groups in total. The lowest BCUT2D eigenvalue weighted by atomic mass is 10.1. The van der Waals surface area contributed by atoms with Crippen molar-refractivity contribution in [3.8, 4) is 0 Å². The summed E-state index contributed by atoms with van der Waals surface area (Å²) in [5.41, 5.74) is 2.54. The number of esters is 1. The second kappa shape index (κ2) is 5.46. The van der Waals surface area contributed by atoms with Gasteiger partial charge in [0.2, 0.25) is 0 Å². The molecule has 2 amide bonds. The number of nitrogens with one attached hydrogen (secondary N) is 2. The summed E-state index contributed by atoms with van der Waals surface area (Å²) >= 11 is 5.78. The van der Waals surface area contributed by atoms with Crippen molar-refractivity contribution < 1.29 is 14.3 Å². The number of hydrogen-bond acceptors (Lipinski definition) is 3. The monoisotopic (exact) mass is 302 g/mol. The van der Waals surface area contributed by atoms with E-state index in [1.54, 1.807) is 42.5 Å². The molecule has 0 aliphatic carbocycles. The van der Waals surface area contributed by atoms with Crippen molar-refractivity contribution in [1.29, 1.82) is 0 Å². The Hall–Kier alpha value is -2.53. The van der Waals surface area contributed by atoms with Gasteiger partial charge in [-0.3, -0.25) is 0 Å². The van der Waals surface area contributed by atoms with Crippen LogP contribution in [0.15, 0.2) is 42.5 Å². The van der Waals surface area contributed by atoms with Crippen molar-refractivity contribution in [3.05, 3.63) is 58.6 Å². The smallest absolute Gasteiger partial charge is 0.338 e. The number of cyclic esters (lactones) is 1. The van der Waals surface area contributed by atoms with Crippen molar-refractivity contribution >= 4 is 35.0 Å². The Bertz CT molecular complexity index is 713. The van der Waals surface area contributed by atoms with Gasteiger partial charge in [0.15, 0.2) is 0 Å². The van der Waals surface area contributed by atoms with E-state index in [1.165, 1.54) is 0 Å². The minimum absolute atomic E-state index is 0.239. The predicted molar refractivity (Wildman–Crippen MR) is 79.7 cm³/mol. The molecule has 3 rings (SSSR count). The molecule has 0 aromatic heterocycles. The van der Waals surface area contributed by atoms with Gasteiger partial charge in [-0.2, -0.15) is 0 Å². The SMILES string of the molecule is O=C(Nc1ccc(Cl)cc1)Nc1ccc2c(c1)COC2=O. The van der Waals surface area contributed by atoms with E-state index < -0.39 is 0 Å². The molecule has 0 saturated carbocycles. The molecule has 5 nitrogen and oxygen atoms in total. The first kappa shape index (κ1) is 13.5.